The Hall–Kier alpha value is -2.45. The van der Waals surface area contributed by atoms with E-state index in [9.17, 15) is 4.79 Å². The lowest BCUT2D eigenvalue weighted by molar-refractivity contribution is -0.119. The van der Waals surface area contributed by atoms with Crippen LogP contribution in [-0.2, 0) is 10.5 Å². The fraction of sp³-hybridized carbons (Fsp3) is 0.263. The summed E-state index contributed by atoms with van der Waals surface area (Å²) in [6.45, 7) is 3.13. The molecule has 1 amide bonds. The number of aryl methyl sites for hydroxylation is 1. The molecular weight excluding hydrogens is 382 g/mol. The van der Waals surface area contributed by atoms with Crippen molar-refractivity contribution in [3.05, 3.63) is 53.6 Å². The minimum Gasteiger partial charge on any atom is -0.486 e. The third-order valence-corrected chi connectivity index (χ3v) is 4.95. The van der Waals surface area contributed by atoms with Gasteiger partial charge in [0.25, 0.3) is 0 Å². The van der Waals surface area contributed by atoms with Crippen LogP contribution in [0.5, 0.6) is 11.5 Å². The molecule has 8 heteroatoms. The molecule has 0 fully saturated rings. The number of carbonyl (C=O) groups excluding carboxylic acids is 1. The van der Waals surface area contributed by atoms with E-state index in [4.69, 9.17) is 21.7 Å². The standard InChI is InChI=1S/C19H21N3O3S2/c1-13-2-4-14(5-3-13)11-27-12-18(23)21-22-19(26)20-15-6-7-16-17(10-15)25-9-8-24-16/h2-7,10H,8-9,11-12H2,1H3,(H,21,23)(H2,20,22,26). The number of hydrazine groups is 1. The Balaban J connectivity index is 1.37. The van der Waals surface area contributed by atoms with E-state index in [1.54, 1.807) is 11.8 Å². The van der Waals surface area contributed by atoms with Crippen LogP contribution in [0.1, 0.15) is 11.1 Å². The van der Waals surface area contributed by atoms with Crippen molar-refractivity contribution in [3.8, 4) is 11.5 Å². The first-order valence-corrected chi connectivity index (χ1v) is 10.1. The number of hydrogen-bond acceptors (Lipinski definition) is 5. The topological polar surface area (TPSA) is 71.6 Å². The van der Waals surface area contributed by atoms with Crippen molar-refractivity contribution in [1.29, 1.82) is 0 Å². The average Bonchev–Trinajstić information content (AvgIpc) is 2.68. The van der Waals surface area contributed by atoms with Gasteiger partial charge in [0.1, 0.15) is 13.2 Å². The van der Waals surface area contributed by atoms with Crippen LogP contribution < -0.4 is 25.6 Å². The number of hydrogen-bond donors (Lipinski definition) is 3. The number of rotatable bonds is 5. The summed E-state index contributed by atoms with van der Waals surface area (Å²) in [6.07, 6.45) is 0. The molecular formula is C19H21N3O3S2. The maximum atomic E-state index is 11.9. The highest BCUT2D eigenvalue weighted by molar-refractivity contribution is 7.99. The number of anilines is 1. The second kappa shape index (κ2) is 9.48. The number of thiocarbonyl (C=S) groups is 1. The number of ether oxygens (including phenoxy) is 2. The fourth-order valence-corrected chi connectivity index (χ4v) is 3.35. The second-order valence-electron chi connectivity index (χ2n) is 5.96. The predicted octanol–water partition coefficient (Wildman–Crippen LogP) is 3.02. The molecule has 0 saturated carbocycles. The number of benzene rings is 2. The molecule has 1 heterocycles. The number of amides is 1. The van der Waals surface area contributed by atoms with Gasteiger partial charge in [-0.3, -0.25) is 15.6 Å². The molecule has 142 valence electrons. The number of thioether (sulfide) groups is 1. The molecule has 0 spiro atoms. The Morgan fingerprint density at radius 2 is 1.81 bits per heavy atom. The third kappa shape index (κ3) is 6.04. The fourth-order valence-electron chi connectivity index (χ4n) is 2.39. The van der Waals surface area contributed by atoms with Crippen LogP contribution in [0, 0.1) is 6.92 Å². The highest BCUT2D eigenvalue weighted by atomic mass is 32.2. The molecule has 0 saturated heterocycles. The summed E-state index contributed by atoms with van der Waals surface area (Å²) in [5.74, 6) is 2.37. The molecule has 2 aromatic carbocycles. The first-order chi connectivity index (χ1) is 13.1. The molecule has 27 heavy (non-hydrogen) atoms. The Kier molecular flexibility index (Phi) is 6.78. The molecule has 0 aliphatic carbocycles. The van der Waals surface area contributed by atoms with E-state index >= 15 is 0 Å². The van der Waals surface area contributed by atoms with Crippen molar-refractivity contribution in [2.45, 2.75) is 12.7 Å². The summed E-state index contributed by atoms with van der Waals surface area (Å²) in [4.78, 5) is 11.9. The van der Waals surface area contributed by atoms with Crippen molar-refractivity contribution in [2.24, 2.45) is 0 Å². The van der Waals surface area contributed by atoms with Gasteiger partial charge in [-0.15, -0.1) is 11.8 Å². The number of fused-ring (bicyclic) bond motifs is 1. The normalized spacial score (nSPS) is 12.2. The second-order valence-corrected chi connectivity index (χ2v) is 7.36. The highest BCUT2D eigenvalue weighted by Crippen LogP contribution is 2.32. The zero-order valence-electron chi connectivity index (χ0n) is 14.9. The van der Waals surface area contributed by atoms with Gasteiger partial charge < -0.3 is 14.8 Å². The van der Waals surface area contributed by atoms with Gasteiger partial charge >= 0.3 is 0 Å². The molecule has 0 atom stereocenters. The number of carbonyl (C=O) groups is 1. The van der Waals surface area contributed by atoms with Crippen molar-refractivity contribution in [1.82, 2.24) is 10.9 Å². The monoisotopic (exact) mass is 403 g/mol. The van der Waals surface area contributed by atoms with Gasteiger partial charge in [-0.1, -0.05) is 29.8 Å². The summed E-state index contributed by atoms with van der Waals surface area (Å²) in [5.41, 5.74) is 8.47. The minimum absolute atomic E-state index is 0.140. The maximum Gasteiger partial charge on any atom is 0.248 e. The molecule has 0 bridgehead atoms. The van der Waals surface area contributed by atoms with E-state index in [0.29, 0.717) is 35.6 Å². The van der Waals surface area contributed by atoms with Gasteiger partial charge in [0, 0.05) is 17.5 Å². The van der Waals surface area contributed by atoms with Crippen molar-refractivity contribution >= 4 is 40.7 Å². The number of nitrogens with one attached hydrogen (secondary N) is 3. The van der Waals surface area contributed by atoms with Crippen LogP contribution >= 0.6 is 24.0 Å². The maximum absolute atomic E-state index is 11.9. The Morgan fingerprint density at radius 3 is 2.59 bits per heavy atom. The van der Waals surface area contributed by atoms with Gasteiger partial charge in [-0.05, 0) is 36.8 Å². The van der Waals surface area contributed by atoms with E-state index < -0.39 is 0 Å². The van der Waals surface area contributed by atoms with Crippen LogP contribution in [0.2, 0.25) is 0 Å². The molecule has 3 rings (SSSR count). The first-order valence-electron chi connectivity index (χ1n) is 8.49. The van der Waals surface area contributed by atoms with Gasteiger partial charge in [0.05, 0.1) is 5.75 Å². The summed E-state index contributed by atoms with van der Waals surface area (Å²) in [7, 11) is 0. The highest BCUT2D eigenvalue weighted by Gasteiger charge is 2.12. The third-order valence-electron chi connectivity index (χ3n) is 3.74. The van der Waals surface area contributed by atoms with Gasteiger partial charge in [0.2, 0.25) is 5.91 Å². The van der Waals surface area contributed by atoms with Crippen LogP contribution in [0.3, 0.4) is 0 Å². The quantitative estimate of drug-likeness (QED) is 0.524. The van der Waals surface area contributed by atoms with Gasteiger partial charge in [-0.25, -0.2) is 0 Å². The molecule has 1 aliphatic rings. The Morgan fingerprint density at radius 1 is 1.07 bits per heavy atom. The van der Waals surface area contributed by atoms with Crippen LogP contribution in [0.25, 0.3) is 0 Å². The zero-order chi connectivity index (χ0) is 19.1. The lowest BCUT2D eigenvalue weighted by atomic mass is 10.2. The van der Waals surface area contributed by atoms with E-state index in [-0.39, 0.29) is 5.91 Å². The average molecular weight is 404 g/mol. The zero-order valence-corrected chi connectivity index (χ0v) is 16.5. The van der Waals surface area contributed by atoms with E-state index in [2.05, 4.69) is 47.4 Å². The van der Waals surface area contributed by atoms with Crippen LogP contribution in [0.15, 0.2) is 42.5 Å². The van der Waals surface area contributed by atoms with Gasteiger partial charge in [0.15, 0.2) is 16.6 Å². The van der Waals surface area contributed by atoms with E-state index in [0.717, 1.165) is 11.4 Å². The predicted molar refractivity (Wildman–Crippen MR) is 112 cm³/mol. The molecule has 1 aliphatic heterocycles. The Labute approximate surface area is 168 Å². The molecule has 2 aromatic rings. The summed E-state index contributed by atoms with van der Waals surface area (Å²) in [6, 6.07) is 13.7. The van der Waals surface area contributed by atoms with Crippen molar-refractivity contribution in [3.63, 3.8) is 0 Å². The molecule has 6 nitrogen and oxygen atoms in total. The molecule has 0 aromatic heterocycles. The molecule has 3 N–H and O–H groups in total. The van der Waals surface area contributed by atoms with Crippen LogP contribution in [0.4, 0.5) is 5.69 Å². The molecule has 0 radical (unpaired) electrons. The Bertz CT molecular complexity index is 812. The first kappa shape index (κ1) is 19.3. The lowest BCUT2D eigenvalue weighted by Crippen LogP contribution is -2.44. The largest absolute Gasteiger partial charge is 0.486 e. The van der Waals surface area contributed by atoms with E-state index in [1.165, 1.54) is 11.1 Å². The van der Waals surface area contributed by atoms with Crippen molar-refractivity contribution < 1.29 is 14.3 Å². The lowest BCUT2D eigenvalue weighted by Gasteiger charge is -2.19. The van der Waals surface area contributed by atoms with E-state index in [1.807, 2.05) is 18.2 Å². The van der Waals surface area contributed by atoms with Crippen LogP contribution in [-0.4, -0.2) is 30.0 Å². The summed E-state index contributed by atoms with van der Waals surface area (Å²) < 4.78 is 11.0. The molecule has 0 unspecified atom stereocenters. The smallest absolute Gasteiger partial charge is 0.248 e. The minimum atomic E-state index is -0.140. The summed E-state index contributed by atoms with van der Waals surface area (Å²) >= 11 is 6.74. The summed E-state index contributed by atoms with van der Waals surface area (Å²) in [5, 5.41) is 3.29. The van der Waals surface area contributed by atoms with Crippen molar-refractivity contribution in [2.75, 3.05) is 24.3 Å². The van der Waals surface area contributed by atoms with Gasteiger partial charge in [-0.2, -0.15) is 0 Å². The SMILES string of the molecule is Cc1ccc(CSCC(=O)NNC(=S)Nc2ccc3c(c2)OCCO3)cc1.